The molecule has 1 saturated carbocycles. The second-order valence-corrected chi connectivity index (χ2v) is 4.86. The van der Waals surface area contributed by atoms with Crippen molar-refractivity contribution in [3.8, 4) is 0 Å². The van der Waals surface area contributed by atoms with E-state index in [1.807, 2.05) is 12.1 Å². The molecule has 2 atom stereocenters. The zero-order valence-electron chi connectivity index (χ0n) is 9.11. The van der Waals surface area contributed by atoms with Gasteiger partial charge in [-0.2, -0.15) is 0 Å². The largest absolute Gasteiger partial charge is 0.299 e. The molecule has 0 bridgehead atoms. The molecule has 0 radical (unpaired) electrons. The summed E-state index contributed by atoms with van der Waals surface area (Å²) >= 11 is 0. The Morgan fingerprint density at radius 2 is 1.94 bits per heavy atom. The topological polar surface area (TPSA) is 34.1 Å². The Bertz CT molecular complexity index is 462. The lowest BCUT2D eigenvalue weighted by Crippen LogP contribution is -2.34. The maximum Gasteiger partial charge on any atom is 0.147 e. The first-order valence-electron chi connectivity index (χ1n) is 5.88. The summed E-state index contributed by atoms with van der Waals surface area (Å²) in [6.07, 6.45) is 2.75. The number of hydrogen-bond donors (Lipinski definition) is 0. The van der Waals surface area contributed by atoms with Crippen LogP contribution in [0.3, 0.4) is 0 Å². The molecule has 16 heavy (non-hydrogen) atoms. The van der Waals surface area contributed by atoms with Crippen molar-refractivity contribution in [2.24, 2.45) is 5.92 Å². The summed E-state index contributed by atoms with van der Waals surface area (Å²) in [5.41, 5.74) is 2.47. The Morgan fingerprint density at radius 3 is 2.81 bits per heavy atom. The average Bonchev–Trinajstić information content (AvgIpc) is 2.28. The molecule has 0 heterocycles. The maximum absolute atomic E-state index is 12.0. The number of carbonyl (C=O) groups is 2. The van der Waals surface area contributed by atoms with Crippen LogP contribution >= 0.6 is 0 Å². The molecule has 2 aliphatic carbocycles. The fourth-order valence-electron chi connectivity index (χ4n) is 3.15. The number of aryl methyl sites for hydroxylation is 1. The highest BCUT2D eigenvalue weighted by Crippen LogP contribution is 2.42. The van der Waals surface area contributed by atoms with Gasteiger partial charge in [0.15, 0.2) is 0 Å². The summed E-state index contributed by atoms with van der Waals surface area (Å²) in [6, 6.07) is 8.18. The smallest absolute Gasteiger partial charge is 0.147 e. The van der Waals surface area contributed by atoms with E-state index in [1.54, 1.807) is 0 Å². The highest BCUT2D eigenvalue weighted by molar-refractivity contribution is 6.05. The van der Waals surface area contributed by atoms with E-state index in [0.717, 1.165) is 12.8 Å². The van der Waals surface area contributed by atoms with Crippen LogP contribution in [0.15, 0.2) is 24.3 Å². The van der Waals surface area contributed by atoms with Crippen LogP contribution in [-0.4, -0.2) is 11.6 Å². The quantitative estimate of drug-likeness (QED) is 0.621. The second kappa shape index (κ2) is 3.55. The van der Waals surface area contributed by atoms with E-state index in [1.165, 1.54) is 11.1 Å². The van der Waals surface area contributed by atoms with E-state index >= 15 is 0 Å². The third kappa shape index (κ3) is 1.41. The summed E-state index contributed by atoms with van der Waals surface area (Å²) in [4.78, 5) is 23.4. The first-order valence-corrected chi connectivity index (χ1v) is 5.88. The van der Waals surface area contributed by atoms with E-state index < -0.39 is 0 Å². The SMILES string of the molecule is O=C1CC(=O)[C@@H]2c3ccccc3CC[C@H]2C1. The van der Waals surface area contributed by atoms with Crippen LogP contribution in [0.1, 0.15) is 36.3 Å². The van der Waals surface area contributed by atoms with Crippen molar-refractivity contribution < 1.29 is 9.59 Å². The lowest BCUT2D eigenvalue weighted by Gasteiger charge is -2.35. The third-order valence-electron chi connectivity index (χ3n) is 3.85. The lowest BCUT2D eigenvalue weighted by atomic mass is 9.67. The van der Waals surface area contributed by atoms with Gasteiger partial charge in [0, 0.05) is 12.3 Å². The van der Waals surface area contributed by atoms with Crippen LogP contribution < -0.4 is 0 Å². The fraction of sp³-hybridized carbons (Fsp3) is 0.429. The van der Waals surface area contributed by atoms with E-state index in [2.05, 4.69) is 12.1 Å². The van der Waals surface area contributed by atoms with Crippen LogP contribution in [0.25, 0.3) is 0 Å². The summed E-state index contributed by atoms with van der Waals surface area (Å²) in [5.74, 6) is 0.533. The molecular formula is C14H14O2. The fourth-order valence-corrected chi connectivity index (χ4v) is 3.15. The van der Waals surface area contributed by atoms with Gasteiger partial charge in [0.2, 0.25) is 0 Å². The van der Waals surface area contributed by atoms with E-state index in [4.69, 9.17) is 0 Å². The predicted molar refractivity (Wildman–Crippen MR) is 60.2 cm³/mol. The molecule has 1 aromatic rings. The van der Waals surface area contributed by atoms with Gasteiger partial charge in [0.1, 0.15) is 11.6 Å². The van der Waals surface area contributed by atoms with Crippen LogP contribution in [0.5, 0.6) is 0 Å². The number of carbonyl (C=O) groups excluding carboxylic acids is 2. The first kappa shape index (κ1) is 9.76. The number of benzene rings is 1. The van der Waals surface area contributed by atoms with Gasteiger partial charge in [-0.1, -0.05) is 24.3 Å². The van der Waals surface area contributed by atoms with Crippen molar-refractivity contribution in [3.63, 3.8) is 0 Å². The van der Waals surface area contributed by atoms with Crippen molar-refractivity contribution in [2.45, 2.75) is 31.6 Å². The lowest BCUT2D eigenvalue weighted by molar-refractivity contribution is -0.133. The highest BCUT2D eigenvalue weighted by atomic mass is 16.1. The Kier molecular flexibility index (Phi) is 2.16. The van der Waals surface area contributed by atoms with Crippen LogP contribution in [0, 0.1) is 5.92 Å². The zero-order valence-corrected chi connectivity index (χ0v) is 9.11. The van der Waals surface area contributed by atoms with Gasteiger partial charge < -0.3 is 0 Å². The molecule has 2 heteroatoms. The predicted octanol–water partition coefficient (Wildman–Crippen LogP) is 2.26. The van der Waals surface area contributed by atoms with E-state index in [0.29, 0.717) is 6.42 Å². The van der Waals surface area contributed by atoms with Crippen molar-refractivity contribution in [2.75, 3.05) is 0 Å². The minimum absolute atomic E-state index is 0.00245. The Morgan fingerprint density at radius 1 is 1.12 bits per heavy atom. The average molecular weight is 214 g/mol. The molecular weight excluding hydrogens is 200 g/mol. The van der Waals surface area contributed by atoms with Crippen molar-refractivity contribution in [1.29, 1.82) is 0 Å². The second-order valence-electron chi connectivity index (χ2n) is 4.86. The third-order valence-corrected chi connectivity index (χ3v) is 3.85. The first-order chi connectivity index (χ1) is 7.75. The zero-order chi connectivity index (χ0) is 11.1. The molecule has 0 N–H and O–H groups in total. The van der Waals surface area contributed by atoms with Crippen molar-refractivity contribution >= 4 is 11.6 Å². The van der Waals surface area contributed by atoms with Gasteiger partial charge >= 0.3 is 0 Å². The molecule has 82 valence electrons. The van der Waals surface area contributed by atoms with Crippen molar-refractivity contribution in [1.82, 2.24) is 0 Å². The number of hydrogen-bond acceptors (Lipinski definition) is 2. The Labute approximate surface area is 94.7 Å². The molecule has 0 saturated heterocycles. The molecule has 0 amide bonds. The van der Waals surface area contributed by atoms with Gasteiger partial charge in [0.25, 0.3) is 0 Å². The van der Waals surface area contributed by atoms with Gasteiger partial charge in [-0.05, 0) is 29.9 Å². The number of rotatable bonds is 0. The molecule has 0 aliphatic heterocycles. The molecule has 1 aromatic carbocycles. The van der Waals surface area contributed by atoms with Crippen LogP contribution in [-0.2, 0) is 16.0 Å². The van der Waals surface area contributed by atoms with Gasteiger partial charge in [0.05, 0.1) is 6.42 Å². The maximum atomic E-state index is 12.0. The van der Waals surface area contributed by atoms with Gasteiger partial charge in [-0.25, -0.2) is 0 Å². The Hall–Kier alpha value is -1.44. The molecule has 2 nitrogen and oxygen atoms in total. The number of fused-ring (bicyclic) bond motifs is 3. The molecule has 2 aliphatic rings. The Balaban J connectivity index is 2.05. The van der Waals surface area contributed by atoms with Crippen molar-refractivity contribution in [3.05, 3.63) is 35.4 Å². The minimum Gasteiger partial charge on any atom is -0.299 e. The summed E-state index contributed by atoms with van der Waals surface area (Å²) in [5, 5.41) is 0. The monoisotopic (exact) mass is 214 g/mol. The minimum atomic E-state index is 0.00245. The molecule has 0 aromatic heterocycles. The highest BCUT2D eigenvalue weighted by Gasteiger charge is 2.39. The summed E-state index contributed by atoms with van der Waals surface area (Å²) in [7, 11) is 0. The summed E-state index contributed by atoms with van der Waals surface area (Å²) in [6.45, 7) is 0. The van der Waals surface area contributed by atoms with Crippen LogP contribution in [0.2, 0.25) is 0 Å². The van der Waals surface area contributed by atoms with E-state index in [9.17, 15) is 9.59 Å². The van der Waals surface area contributed by atoms with Gasteiger partial charge in [-0.15, -0.1) is 0 Å². The standard InChI is InChI=1S/C14H14O2/c15-11-7-10-6-5-9-3-1-2-4-12(9)14(10)13(16)8-11/h1-4,10,14H,5-8H2/t10-,14-/m0/s1. The molecule has 3 rings (SSSR count). The summed E-state index contributed by atoms with van der Waals surface area (Å²) < 4.78 is 0. The number of Topliss-reactive ketones (excluding diaryl/α,β-unsaturated/α-hetero) is 2. The molecule has 0 unspecified atom stereocenters. The normalized spacial score (nSPS) is 28.5. The van der Waals surface area contributed by atoms with E-state index in [-0.39, 0.29) is 29.8 Å². The number of ketones is 2. The molecule has 0 spiro atoms. The molecule has 1 fully saturated rings. The van der Waals surface area contributed by atoms with Crippen LogP contribution in [0.4, 0.5) is 0 Å². The van der Waals surface area contributed by atoms with Gasteiger partial charge in [-0.3, -0.25) is 9.59 Å².